The third kappa shape index (κ3) is 7.92. The number of likely N-dealkylation sites (tertiary alicyclic amines) is 1. The van der Waals surface area contributed by atoms with Crippen molar-refractivity contribution in [3.8, 4) is 0 Å². The third-order valence-corrected chi connectivity index (χ3v) is 4.59. The second-order valence-electron chi connectivity index (χ2n) is 6.83. The summed E-state index contributed by atoms with van der Waals surface area (Å²) in [4.78, 5) is 6.97. The second kappa shape index (κ2) is 11.7. The first-order valence-electron chi connectivity index (χ1n) is 8.95. The Morgan fingerprint density at radius 1 is 1.32 bits per heavy atom. The molecule has 1 aliphatic rings. The van der Waals surface area contributed by atoms with E-state index in [0.717, 1.165) is 6.54 Å². The third-order valence-electron chi connectivity index (χ3n) is 4.59. The standard InChI is InChI=1S/C19H32N4O.HI/c1-15(14-24-3)22-19(20)21-12-17-7-9-18(10-8-17)13-23-11-5-4-6-16(23)2;/h7-10,15-16H,4-6,11-14H2,1-3H3,(H3,20,21,22);1H. The van der Waals surface area contributed by atoms with Gasteiger partial charge in [-0.15, -0.1) is 24.0 Å². The quantitative estimate of drug-likeness (QED) is 0.373. The molecule has 2 unspecified atom stereocenters. The lowest BCUT2D eigenvalue weighted by Gasteiger charge is -2.33. The van der Waals surface area contributed by atoms with Crippen molar-refractivity contribution in [2.24, 2.45) is 10.7 Å². The number of nitrogens with one attached hydrogen (secondary N) is 1. The van der Waals surface area contributed by atoms with Crippen molar-refractivity contribution in [2.75, 3.05) is 20.3 Å². The summed E-state index contributed by atoms with van der Waals surface area (Å²) in [5.41, 5.74) is 8.45. The highest BCUT2D eigenvalue weighted by Gasteiger charge is 2.17. The van der Waals surface area contributed by atoms with Gasteiger partial charge in [0, 0.05) is 25.7 Å². The van der Waals surface area contributed by atoms with E-state index in [0.29, 0.717) is 25.2 Å². The first-order chi connectivity index (χ1) is 11.6. The summed E-state index contributed by atoms with van der Waals surface area (Å²) < 4.78 is 5.07. The van der Waals surface area contributed by atoms with Gasteiger partial charge in [-0.1, -0.05) is 30.7 Å². The van der Waals surface area contributed by atoms with Crippen LogP contribution in [0.25, 0.3) is 0 Å². The van der Waals surface area contributed by atoms with Crippen LogP contribution in [0, 0.1) is 0 Å². The zero-order chi connectivity index (χ0) is 17.4. The Hall–Kier alpha value is -0.860. The monoisotopic (exact) mass is 460 g/mol. The topological polar surface area (TPSA) is 62.9 Å². The Kier molecular flexibility index (Phi) is 10.4. The molecule has 25 heavy (non-hydrogen) atoms. The van der Waals surface area contributed by atoms with Gasteiger partial charge in [-0.2, -0.15) is 0 Å². The summed E-state index contributed by atoms with van der Waals surface area (Å²) in [7, 11) is 1.68. The van der Waals surface area contributed by atoms with Gasteiger partial charge in [-0.3, -0.25) is 4.90 Å². The molecule has 0 spiro atoms. The number of piperidine rings is 1. The molecule has 0 saturated carbocycles. The van der Waals surface area contributed by atoms with Gasteiger partial charge in [-0.05, 0) is 44.4 Å². The van der Waals surface area contributed by atoms with Gasteiger partial charge in [0.25, 0.3) is 0 Å². The highest BCUT2D eigenvalue weighted by Crippen LogP contribution is 2.19. The van der Waals surface area contributed by atoms with E-state index in [4.69, 9.17) is 10.5 Å². The van der Waals surface area contributed by atoms with Crippen molar-refractivity contribution in [3.63, 3.8) is 0 Å². The average molecular weight is 460 g/mol. The molecule has 0 aromatic heterocycles. The minimum absolute atomic E-state index is 0. The highest BCUT2D eigenvalue weighted by atomic mass is 127. The molecule has 6 heteroatoms. The molecule has 2 atom stereocenters. The zero-order valence-electron chi connectivity index (χ0n) is 15.7. The van der Waals surface area contributed by atoms with Gasteiger partial charge in [0.15, 0.2) is 5.96 Å². The number of hydrogen-bond acceptors (Lipinski definition) is 3. The molecule has 5 nitrogen and oxygen atoms in total. The Balaban J connectivity index is 0.00000312. The van der Waals surface area contributed by atoms with Crippen LogP contribution in [0.5, 0.6) is 0 Å². The van der Waals surface area contributed by atoms with E-state index < -0.39 is 0 Å². The van der Waals surface area contributed by atoms with Crippen LogP contribution < -0.4 is 11.1 Å². The van der Waals surface area contributed by atoms with Crippen molar-refractivity contribution >= 4 is 29.9 Å². The molecule has 1 saturated heterocycles. The fourth-order valence-electron chi connectivity index (χ4n) is 3.14. The highest BCUT2D eigenvalue weighted by molar-refractivity contribution is 14.0. The number of ether oxygens (including phenoxy) is 1. The zero-order valence-corrected chi connectivity index (χ0v) is 18.0. The van der Waals surface area contributed by atoms with Crippen LogP contribution in [0.4, 0.5) is 0 Å². The SMILES string of the molecule is COCC(C)NC(N)=NCc1ccc(CN2CCCCC2C)cc1.I. The summed E-state index contributed by atoms with van der Waals surface area (Å²) in [6.45, 7) is 7.82. The fourth-order valence-corrected chi connectivity index (χ4v) is 3.14. The van der Waals surface area contributed by atoms with Crippen molar-refractivity contribution < 1.29 is 4.74 Å². The van der Waals surface area contributed by atoms with Crippen LogP contribution in [0.3, 0.4) is 0 Å². The summed E-state index contributed by atoms with van der Waals surface area (Å²) in [5.74, 6) is 0.464. The van der Waals surface area contributed by atoms with E-state index in [1.165, 1.54) is 36.9 Å². The van der Waals surface area contributed by atoms with E-state index in [-0.39, 0.29) is 30.0 Å². The normalized spacial score (nSPS) is 20.0. The van der Waals surface area contributed by atoms with Crippen molar-refractivity contribution in [3.05, 3.63) is 35.4 Å². The largest absolute Gasteiger partial charge is 0.383 e. The average Bonchev–Trinajstić information content (AvgIpc) is 2.56. The molecule has 1 aromatic rings. The molecule has 0 aliphatic carbocycles. The number of hydrogen-bond donors (Lipinski definition) is 2. The lowest BCUT2D eigenvalue weighted by Crippen LogP contribution is -2.40. The van der Waals surface area contributed by atoms with E-state index in [2.05, 4.69) is 46.4 Å². The number of nitrogens with two attached hydrogens (primary N) is 1. The molecule has 0 radical (unpaired) electrons. The predicted molar refractivity (Wildman–Crippen MR) is 115 cm³/mol. The van der Waals surface area contributed by atoms with E-state index in [1.54, 1.807) is 7.11 Å². The first-order valence-corrected chi connectivity index (χ1v) is 8.95. The molecule has 2 rings (SSSR count). The van der Waals surface area contributed by atoms with Crippen molar-refractivity contribution in [2.45, 2.75) is 58.3 Å². The summed E-state index contributed by atoms with van der Waals surface area (Å²) in [6.07, 6.45) is 4.01. The van der Waals surface area contributed by atoms with Crippen LogP contribution in [-0.2, 0) is 17.8 Å². The van der Waals surface area contributed by atoms with Gasteiger partial charge >= 0.3 is 0 Å². The van der Waals surface area contributed by atoms with Gasteiger partial charge in [0.2, 0.25) is 0 Å². The van der Waals surface area contributed by atoms with E-state index in [1.807, 2.05) is 6.92 Å². The minimum atomic E-state index is 0. The van der Waals surface area contributed by atoms with Crippen LogP contribution in [0.15, 0.2) is 29.3 Å². The Labute approximate surface area is 169 Å². The van der Waals surface area contributed by atoms with Crippen molar-refractivity contribution in [1.82, 2.24) is 10.2 Å². The molecule has 1 heterocycles. The smallest absolute Gasteiger partial charge is 0.189 e. The van der Waals surface area contributed by atoms with Crippen LogP contribution in [-0.4, -0.2) is 43.2 Å². The second-order valence-corrected chi connectivity index (χ2v) is 6.83. The van der Waals surface area contributed by atoms with E-state index in [9.17, 15) is 0 Å². The molecule has 0 amide bonds. The molecule has 1 aromatic carbocycles. The van der Waals surface area contributed by atoms with Gasteiger partial charge in [0.05, 0.1) is 13.2 Å². The van der Waals surface area contributed by atoms with Crippen LogP contribution in [0.1, 0.15) is 44.2 Å². The lowest BCUT2D eigenvalue weighted by atomic mass is 10.0. The minimum Gasteiger partial charge on any atom is -0.383 e. The Morgan fingerprint density at radius 2 is 2.00 bits per heavy atom. The van der Waals surface area contributed by atoms with E-state index >= 15 is 0 Å². The molecular formula is C19H33IN4O. The van der Waals surface area contributed by atoms with Crippen LogP contribution in [0.2, 0.25) is 0 Å². The molecule has 142 valence electrons. The van der Waals surface area contributed by atoms with Crippen molar-refractivity contribution in [1.29, 1.82) is 0 Å². The number of methoxy groups -OCH3 is 1. The summed E-state index contributed by atoms with van der Waals surface area (Å²) in [6, 6.07) is 9.58. The lowest BCUT2D eigenvalue weighted by molar-refractivity contribution is 0.152. The van der Waals surface area contributed by atoms with Gasteiger partial charge in [-0.25, -0.2) is 4.99 Å². The maximum atomic E-state index is 5.90. The molecule has 1 fully saturated rings. The molecule has 0 bridgehead atoms. The molecule has 3 N–H and O–H groups in total. The van der Waals surface area contributed by atoms with Gasteiger partial charge < -0.3 is 15.8 Å². The maximum Gasteiger partial charge on any atom is 0.189 e. The number of benzene rings is 1. The maximum absolute atomic E-state index is 5.90. The number of aliphatic imine (C=N–C) groups is 1. The number of guanidine groups is 1. The number of nitrogens with zero attached hydrogens (tertiary/aromatic N) is 2. The Bertz CT molecular complexity index is 521. The van der Waals surface area contributed by atoms with Gasteiger partial charge in [0.1, 0.15) is 0 Å². The number of rotatable bonds is 7. The van der Waals surface area contributed by atoms with Crippen LogP contribution >= 0.6 is 24.0 Å². The molecule has 1 aliphatic heterocycles. The summed E-state index contributed by atoms with van der Waals surface area (Å²) in [5, 5.41) is 3.12. The molecular weight excluding hydrogens is 427 g/mol. The fraction of sp³-hybridized carbons (Fsp3) is 0.632. The number of halogens is 1. The Morgan fingerprint density at radius 3 is 2.64 bits per heavy atom. The summed E-state index contributed by atoms with van der Waals surface area (Å²) >= 11 is 0. The predicted octanol–water partition coefficient (Wildman–Crippen LogP) is 3.12. The first kappa shape index (κ1) is 22.2.